The van der Waals surface area contributed by atoms with Crippen LogP contribution in [0.25, 0.3) is 0 Å². The third kappa shape index (κ3) is 6.44. The maximum absolute atomic E-state index is 12.5. The smallest absolute Gasteiger partial charge is 0.410 e. The van der Waals surface area contributed by atoms with E-state index < -0.39 is 23.7 Å². The number of likely N-dealkylation sites (N-methyl/N-ethyl adjacent to an activating group) is 1. The Balaban J connectivity index is 2.32. The van der Waals surface area contributed by atoms with E-state index in [9.17, 15) is 9.59 Å². The van der Waals surface area contributed by atoms with Gasteiger partial charge in [0.2, 0.25) is 0 Å². The minimum absolute atomic E-state index is 0.173. The Bertz CT molecular complexity index is 849. The summed E-state index contributed by atoms with van der Waals surface area (Å²) in [6.45, 7) is 7.21. The van der Waals surface area contributed by atoms with Crippen LogP contribution >= 0.6 is 0 Å². The summed E-state index contributed by atoms with van der Waals surface area (Å²) >= 11 is 0. The molecule has 2 rings (SSSR count). The number of aryl methyl sites for hydroxylation is 1. The minimum Gasteiger partial charge on any atom is -0.467 e. The van der Waals surface area contributed by atoms with Gasteiger partial charge in [-0.05, 0) is 45.4 Å². The van der Waals surface area contributed by atoms with Crippen molar-refractivity contribution in [3.05, 3.63) is 47.8 Å². The molecule has 0 N–H and O–H groups in total. The van der Waals surface area contributed by atoms with Crippen molar-refractivity contribution < 1.29 is 23.8 Å². The highest BCUT2D eigenvalue weighted by Crippen LogP contribution is 2.27. The largest absolute Gasteiger partial charge is 0.467 e. The molecule has 0 unspecified atom stereocenters. The average Bonchev–Trinajstić information content (AvgIpc) is 2.66. The number of aromatic nitrogens is 2. The molecule has 1 heterocycles. The molecule has 156 valence electrons. The van der Waals surface area contributed by atoms with Gasteiger partial charge in [-0.2, -0.15) is 0 Å². The molecule has 1 aromatic carbocycles. The van der Waals surface area contributed by atoms with E-state index in [-0.39, 0.29) is 12.4 Å². The van der Waals surface area contributed by atoms with Crippen LogP contribution in [-0.4, -0.2) is 52.7 Å². The normalized spacial score (nSPS) is 12.1. The van der Waals surface area contributed by atoms with Crippen LogP contribution in [0.15, 0.2) is 36.7 Å². The quantitative estimate of drug-likeness (QED) is 0.684. The Morgan fingerprint density at radius 1 is 1.17 bits per heavy atom. The molecule has 0 aliphatic heterocycles. The van der Waals surface area contributed by atoms with Crippen LogP contribution in [0.1, 0.15) is 31.9 Å². The van der Waals surface area contributed by atoms with Gasteiger partial charge in [0.15, 0.2) is 0 Å². The van der Waals surface area contributed by atoms with E-state index in [4.69, 9.17) is 14.2 Å². The third-order valence-corrected chi connectivity index (χ3v) is 3.99. The standard InChI is InChI=1S/C21H27N3O5/c1-14-8-9-17(28-19-22-10-7-11-23-19)15(12-14)13-16(18(25)27-6)24(5)20(26)29-21(2,3)4/h7-12,16H,13H2,1-6H3/t16-/m0/s1. The molecule has 1 atom stereocenters. The lowest BCUT2D eigenvalue weighted by Gasteiger charge is -2.29. The maximum atomic E-state index is 12.5. The van der Waals surface area contributed by atoms with Crippen molar-refractivity contribution in [3.63, 3.8) is 0 Å². The fourth-order valence-electron chi connectivity index (χ4n) is 2.59. The molecular formula is C21H27N3O5. The first-order valence-corrected chi connectivity index (χ1v) is 9.18. The zero-order valence-corrected chi connectivity index (χ0v) is 17.6. The third-order valence-electron chi connectivity index (χ3n) is 3.99. The first-order valence-electron chi connectivity index (χ1n) is 9.18. The highest BCUT2D eigenvalue weighted by Gasteiger charge is 2.32. The molecule has 29 heavy (non-hydrogen) atoms. The van der Waals surface area contributed by atoms with Crippen LogP contribution in [0.3, 0.4) is 0 Å². The van der Waals surface area contributed by atoms with E-state index in [1.807, 2.05) is 19.1 Å². The van der Waals surface area contributed by atoms with Crippen LogP contribution in [0.4, 0.5) is 4.79 Å². The summed E-state index contributed by atoms with van der Waals surface area (Å²) in [5.74, 6) is -0.0601. The fraction of sp³-hybridized carbons (Fsp3) is 0.429. The topological polar surface area (TPSA) is 90.9 Å². The Kier molecular flexibility index (Phi) is 7.14. The highest BCUT2D eigenvalue weighted by molar-refractivity contribution is 5.81. The van der Waals surface area contributed by atoms with Gasteiger partial charge >= 0.3 is 18.1 Å². The summed E-state index contributed by atoms with van der Waals surface area (Å²) < 4.78 is 16.1. The number of hydrogen-bond donors (Lipinski definition) is 0. The van der Waals surface area contributed by atoms with Crippen molar-refractivity contribution >= 4 is 12.1 Å². The number of methoxy groups -OCH3 is 1. The van der Waals surface area contributed by atoms with Gasteiger partial charge in [-0.15, -0.1) is 0 Å². The van der Waals surface area contributed by atoms with Crippen LogP contribution in [-0.2, 0) is 20.7 Å². The summed E-state index contributed by atoms with van der Waals surface area (Å²) in [5.41, 5.74) is 1.00. The molecule has 0 bridgehead atoms. The monoisotopic (exact) mass is 401 g/mol. The van der Waals surface area contributed by atoms with Gasteiger partial charge in [0, 0.05) is 25.9 Å². The summed E-state index contributed by atoms with van der Waals surface area (Å²) in [6.07, 6.45) is 2.70. The summed E-state index contributed by atoms with van der Waals surface area (Å²) in [6, 6.07) is 6.53. The Hall–Kier alpha value is -3.16. The van der Waals surface area contributed by atoms with Crippen molar-refractivity contribution in [2.24, 2.45) is 0 Å². The van der Waals surface area contributed by atoms with Gasteiger partial charge < -0.3 is 14.2 Å². The second-order valence-corrected chi connectivity index (χ2v) is 7.58. The van der Waals surface area contributed by atoms with E-state index in [2.05, 4.69) is 9.97 Å². The molecular weight excluding hydrogens is 374 g/mol. The number of rotatable bonds is 6. The molecule has 0 saturated carbocycles. The van der Waals surface area contributed by atoms with E-state index in [0.29, 0.717) is 11.3 Å². The molecule has 0 aliphatic rings. The van der Waals surface area contributed by atoms with Gasteiger partial charge in [-0.3, -0.25) is 4.90 Å². The van der Waals surface area contributed by atoms with Crippen LogP contribution in [0.2, 0.25) is 0 Å². The number of carbonyl (C=O) groups excluding carboxylic acids is 2. The number of benzene rings is 1. The predicted octanol–water partition coefficient (Wildman–Crippen LogP) is 3.53. The lowest BCUT2D eigenvalue weighted by molar-refractivity contribution is -0.146. The molecule has 0 radical (unpaired) electrons. The van der Waals surface area contributed by atoms with Crippen LogP contribution in [0, 0.1) is 6.92 Å². The maximum Gasteiger partial charge on any atom is 0.410 e. The molecule has 1 aromatic heterocycles. The van der Waals surface area contributed by atoms with Gasteiger partial charge in [0.25, 0.3) is 0 Å². The van der Waals surface area contributed by atoms with Gasteiger partial charge in [0.1, 0.15) is 17.4 Å². The number of hydrogen-bond acceptors (Lipinski definition) is 7. The van der Waals surface area contributed by atoms with Crippen molar-refractivity contribution in [1.82, 2.24) is 14.9 Å². The lowest BCUT2D eigenvalue weighted by atomic mass is 10.0. The first-order chi connectivity index (χ1) is 13.6. The molecule has 8 nitrogen and oxygen atoms in total. The predicted molar refractivity (Wildman–Crippen MR) is 107 cm³/mol. The van der Waals surface area contributed by atoms with E-state index >= 15 is 0 Å². The van der Waals surface area contributed by atoms with Crippen LogP contribution < -0.4 is 4.74 Å². The van der Waals surface area contributed by atoms with E-state index in [1.54, 1.807) is 45.3 Å². The Morgan fingerprint density at radius 2 is 1.83 bits per heavy atom. The van der Waals surface area contributed by atoms with Gasteiger partial charge in [-0.1, -0.05) is 17.7 Å². The van der Waals surface area contributed by atoms with Crippen molar-refractivity contribution in [3.8, 4) is 11.8 Å². The van der Waals surface area contributed by atoms with Crippen molar-refractivity contribution in [2.75, 3.05) is 14.2 Å². The Morgan fingerprint density at radius 3 is 2.41 bits per heavy atom. The first kappa shape index (κ1) is 22.1. The summed E-state index contributed by atoms with van der Waals surface area (Å²) in [5, 5.41) is 0. The number of carbonyl (C=O) groups is 2. The zero-order valence-electron chi connectivity index (χ0n) is 17.6. The fourth-order valence-corrected chi connectivity index (χ4v) is 2.59. The average molecular weight is 401 g/mol. The molecule has 0 fully saturated rings. The number of esters is 1. The van der Waals surface area contributed by atoms with Gasteiger partial charge in [-0.25, -0.2) is 19.6 Å². The second kappa shape index (κ2) is 9.36. The van der Waals surface area contributed by atoms with Crippen LogP contribution in [0.5, 0.6) is 11.8 Å². The van der Waals surface area contributed by atoms with Crippen molar-refractivity contribution in [1.29, 1.82) is 0 Å². The molecule has 0 saturated heterocycles. The minimum atomic E-state index is -0.893. The van der Waals surface area contributed by atoms with Gasteiger partial charge in [0.05, 0.1) is 7.11 Å². The molecule has 0 aliphatic carbocycles. The summed E-state index contributed by atoms with van der Waals surface area (Å²) in [7, 11) is 2.79. The van der Waals surface area contributed by atoms with E-state index in [1.165, 1.54) is 19.1 Å². The highest BCUT2D eigenvalue weighted by atomic mass is 16.6. The second-order valence-electron chi connectivity index (χ2n) is 7.58. The molecule has 1 amide bonds. The number of ether oxygens (including phenoxy) is 3. The lowest BCUT2D eigenvalue weighted by Crippen LogP contribution is -2.46. The zero-order chi connectivity index (χ0) is 21.6. The molecule has 2 aromatic rings. The molecule has 0 spiro atoms. The van der Waals surface area contributed by atoms with Crippen molar-refractivity contribution in [2.45, 2.75) is 45.8 Å². The van der Waals surface area contributed by atoms with E-state index in [0.717, 1.165) is 5.56 Å². The summed E-state index contributed by atoms with van der Waals surface area (Å²) in [4.78, 5) is 34.3. The molecule has 8 heteroatoms. The number of nitrogens with zero attached hydrogens (tertiary/aromatic N) is 3. The number of amides is 1. The SMILES string of the molecule is COC(=O)[C@H](Cc1cc(C)ccc1Oc1ncccn1)N(C)C(=O)OC(C)(C)C. The Labute approximate surface area is 170 Å².